The summed E-state index contributed by atoms with van der Waals surface area (Å²) in [6.45, 7) is 19.1. The van der Waals surface area contributed by atoms with E-state index in [1.165, 1.54) is 11.6 Å². The molecule has 136 valence electrons. The molecule has 2 aliphatic rings. The van der Waals surface area contributed by atoms with Gasteiger partial charge in [-0.25, -0.2) is 9.38 Å². The van der Waals surface area contributed by atoms with Gasteiger partial charge in [-0.05, 0) is 64.9 Å². The van der Waals surface area contributed by atoms with Crippen molar-refractivity contribution in [3.05, 3.63) is 47.5 Å². The predicted octanol–water partition coefficient (Wildman–Crippen LogP) is 4.58. The van der Waals surface area contributed by atoms with Crippen molar-refractivity contribution in [1.29, 1.82) is 0 Å². The van der Waals surface area contributed by atoms with Gasteiger partial charge >= 0.3 is 6.02 Å². The minimum absolute atomic E-state index is 0.0280. The molecule has 0 bridgehead atoms. The van der Waals surface area contributed by atoms with E-state index in [-0.39, 0.29) is 17.3 Å². The van der Waals surface area contributed by atoms with Gasteiger partial charge in [0.05, 0.1) is 5.54 Å². The first-order valence-corrected chi connectivity index (χ1v) is 8.58. The Labute approximate surface area is 150 Å². The third-order valence-electron chi connectivity index (χ3n) is 4.62. The summed E-state index contributed by atoms with van der Waals surface area (Å²) in [4.78, 5) is 10.5. The summed E-state index contributed by atoms with van der Waals surface area (Å²) in [5.41, 5.74) is 2.76. The molecule has 2 saturated heterocycles. The number of amidine groups is 1. The van der Waals surface area contributed by atoms with E-state index in [0.29, 0.717) is 12.2 Å². The van der Waals surface area contributed by atoms with Crippen LogP contribution in [-0.2, 0) is 4.74 Å². The lowest BCUT2D eigenvalue weighted by Crippen LogP contribution is -2.42. The van der Waals surface area contributed by atoms with Gasteiger partial charge in [-0.15, -0.1) is 0 Å². The average Bonchev–Trinajstić information content (AvgIpc) is 3.01. The summed E-state index contributed by atoms with van der Waals surface area (Å²) >= 11 is 0. The normalized spacial score (nSPS) is 24.2. The molecular weight excluding hydrogens is 317 g/mol. The second-order valence-electron chi connectivity index (χ2n) is 7.20. The highest BCUT2D eigenvalue weighted by atomic mass is 19.1. The molecule has 0 spiro atoms. The van der Waals surface area contributed by atoms with E-state index in [1.807, 2.05) is 0 Å². The highest BCUT2D eigenvalue weighted by molar-refractivity contribution is 5.80. The number of aliphatic imine (C=N–C) groups is 2. The molecule has 5 heteroatoms. The summed E-state index contributed by atoms with van der Waals surface area (Å²) in [5.74, 6) is -0.452. The summed E-state index contributed by atoms with van der Waals surface area (Å²) in [6.07, 6.45) is 4.50. The highest BCUT2D eigenvalue weighted by Gasteiger charge is 2.46. The Kier molecular flexibility index (Phi) is 6.11. The molecule has 2 aliphatic heterocycles. The van der Waals surface area contributed by atoms with Gasteiger partial charge in [0.15, 0.2) is 0 Å². The van der Waals surface area contributed by atoms with Gasteiger partial charge in [-0.2, -0.15) is 4.99 Å². The molecule has 0 aliphatic carbocycles. The summed E-state index contributed by atoms with van der Waals surface area (Å²) in [6, 6.07) is 0.0974. The second kappa shape index (κ2) is 7.91. The van der Waals surface area contributed by atoms with E-state index < -0.39 is 5.83 Å². The molecule has 4 nitrogen and oxygen atoms in total. The molecule has 0 aromatic heterocycles. The highest BCUT2D eigenvalue weighted by Crippen LogP contribution is 2.40. The summed E-state index contributed by atoms with van der Waals surface area (Å²) < 4.78 is 20.2. The maximum absolute atomic E-state index is 14.4. The molecule has 2 heterocycles. The Hall–Kier alpha value is -2.01. The zero-order chi connectivity index (χ0) is 18.6. The van der Waals surface area contributed by atoms with Crippen LogP contribution in [0.4, 0.5) is 4.39 Å². The monoisotopic (exact) mass is 345 g/mol. The van der Waals surface area contributed by atoms with Crippen LogP contribution in [0.1, 0.15) is 40.0 Å². The fourth-order valence-electron chi connectivity index (χ4n) is 3.54. The lowest BCUT2D eigenvalue weighted by atomic mass is 9.94. The minimum Gasteiger partial charge on any atom is -0.461 e. The van der Waals surface area contributed by atoms with Crippen molar-refractivity contribution >= 4 is 12.7 Å². The molecule has 2 rings (SSSR count). The van der Waals surface area contributed by atoms with Gasteiger partial charge in [0.25, 0.3) is 0 Å². The van der Waals surface area contributed by atoms with E-state index in [0.717, 1.165) is 37.9 Å². The Bertz CT molecular complexity index is 670. The lowest BCUT2D eigenvalue weighted by Gasteiger charge is -2.30. The number of ether oxygens (including phenoxy) is 1. The van der Waals surface area contributed by atoms with Crippen LogP contribution in [0, 0.1) is 0 Å². The SMILES string of the molecule is C=NC(=NC(=C(C)C)/C(F)=C\C(=C)C)OCC12CCCN1CC(=C)C2. The van der Waals surface area contributed by atoms with Crippen molar-refractivity contribution in [3.63, 3.8) is 0 Å². The fraction of sp³-hybridized carbons (Fsp3) is 0.500. The molecule has 1 unspecified atom stereocenters. The van der Waals surface area contributed by atoms with E-state index in [4.69, 9.17) is 4.74 Å². The minimum atomic E-state index is -0.452. The number of hydrogen-bond donors (Lipinski definition) is 0. The first-order valence-electron chi connectivity index (χ1n) is 8.58. The summed E-state index contributed by atoms with van der Waals surface area (Å²) in [5, 5.41) is 0. The molecule has 2 fully saturated rings. The molecule has 0 N–H and O–H groups in total. The van der Waals surface area contributed by atoms with Gasteiger partial charge in [-0.3, -0.25) is 4.90 Å². The van der Waals surface area contributed by atoms with Crippen LogP contribution in [0.2, 0.25) is 0 Å². The average molecular weight is 345 g/mol. The number of allylic oxidation sites excluding steroid dienone is 4. The van der Waals surface area contributed by atoms with Crippen LogP contribution in [0.25, 0.3) is 0 Å². The Balaban J connectivity index is 2.17. The van der Waals surface area contributed by atoms with Crippen molar-refractivity contribution in [2.24, 2.45) is 9.98 Å². The van der Waals surface area contributed by atoms with Crippen LogP contribution in [-0.4, -0.2) is 42.9 Å². The smallest absolute Gasteiger partial charge is 0.316 e. The first kappa shape index (κ1) is 19.3. The number of fused-ring (bicyclic) bond motifs is 1. The quantitative estimate of drug-likeness (QED) is 0.317. The molecular formula is C20H28FN3O. The van der Waals surface area contributed by atoms with Crippen molar-refractivity contribution < 1.29 is 9.13 Å². The Morgan fingerprint density at radius 1 is 1.40 bits per heavy atom. The molecule has 0 radical (unpaired) electrons. The van der Waals surface area contributed by atoms with Gasteiger partial charge in [0.2, 0.25) is 0 Å². The van der Waals surface area contributed by atoms with E-state index in [9.17, 15) is 4.39 Å². The molecule has 1 atom stereocenters. The van der Waals surface area contributed by atoms with Gasteiger partial charge in [0, 0.05) is 6.54 Å². The topological polar surface area (TPSA) is 37.2 Å². The maximum Gasteiger partial charge on any atom is 0.316 e. The molecule has 0 aromatic carbocycles. The standard InChI is InChI=1S/C20H28FN3O/c1-14(2)10-17(21)18(15(3)4)23-19(22-6)25-13-20-8-7-9-24(20)12-16(5)11-20/h10H,1,5-9,11-13H2,2-4H3/b17-10+,23-19?. The molecule has 0 amide bonds. The number of rotatable bonds is 5. The van der Waals surface area contributed by atoms with Gasteiger partial charge in [0.1, 0.15) is 18.1 Å². The van der Waals surface area contributed by atoms with Crippen LogP contribution in [0.15, 0.2) is 57.5 Å². The second-order valence-corrected chi connectivity index (χ2v) is 7.20. The third-order valence-corrected chi connectivity index (χ3v) is 4.62. The van der Waals surface area contributed by atoms with Crippen LogP contribution in [0.3, 0.4) is 0 Å². The zero-order valence-corrected chi connectivity index (χ0v) is 15.6. The zero-order valence-electron chi connectivity index (χ0n) is 15.6. The molecule has 0 saturated carbocycles. The first-order chi connectivity index (χ1) is 11.8. The van der Waals surface area contributed by atoms with Crippen molar-refractivity contribution in [2.75, 3.05) is 19.7 Å². The number of hydrogen-bond acceptors (Lipinski definition) is 3. The molecule has 0 aromatic rings. The van der Waals surface area contributed by atoms with Crippen molar-refractivity contribution in [1.82, 2.24) is 4.90 Å². The van der Waals surface area contributed by atoms with E-state index in [1.54, 1.807) is 20.8 Å². The number of nitrogens with zero attached hydrogens (tertiary/aromatic N) is 3. The largest absolute Gasteiger partial charge is 0.461 e. The van der Waals surface area contributed by atoms with Gasteiger partial charge < -0.3 is 4.74 Å². The fourth-order valence-corrected chi connectivity index (χ4v) is 3.54. The molecule has 25 heavy (non-hydrogen) atoms. The predicted molar refractivity (Wildman–Crippen MR) is 103 cm³/mol. The van der Waals surface area contributed by atoms with Gasteiger partial charge in [-0.1, -0.05) is 24.3 Å². The van der Waals surface area contributed by atoms with Crippen molar-refractivity contribution in [3.8, 4) is 0 Å². The summed E-state index contributed by atoms with van der Waals surface area (Å²) in [7, 11) is 0. The number of halogens is 1. The maximum atomic E-state index is 14.4. The van der Waals surface area contributed by atoms with Crippen LogP contribution in [0.5, 0.6) is 0 Å². The lowest BCUT2D eigenvalue weighted by molar-refractivity contribution is 0.106. The van der Waals surface area contributed by atoms with Crippen LogP contribution >= 0.6 is 0 Å². The third kappa shape index (κ3) is 4.54. The Morgan fingerprint density at radius 2 is 2.12 bits per heavy atom. The van der Waals surface area contributed by atoms with Crippen molar-refractivity contribution in [2.45, 2.75) is 45.6 Å². The van der Waals surface area contributed by atoms with E-state index in [2.05, 4.69) is 34.8 Å². The Morgan fingerprint density at radius 3 is 2.72 bits per heavy atom. The van der Waals surface area contributed by atoms with Crippen LogP contribution < -0.4 is 0 Å². The van der Waals surface area contributed by atoms with E-state index >= 15 is 0 Å².